The fourth-order valence-corrected chi connectivity index (χ4v) is 6.68. The van der Waals surface area contributed by atoms with Crippen LogP contribution in [0.1, 0.15) is 40.2 Å². The van der Waals surface area contributed by atoms with Crippen LogP contribution in [0.5, 0.6) is 0 Å². The first-order valence-electron chi connectivity index (χ1n) is 11.5. The maximum absolute atomic E-state index is 13.5. The van der Waals surface area contributed by atoms with Gasteiger partial charge in [0.1, 0.15) is 11.4 Å². The molecule has 0 radical (unpaired) electrons. The van der Waals surface area contributed by atoms with Crippen LogP contribution >= 0.6 is 22.6 Å². The number of halogens is 1. The van der Waals surface area contributed by atoms with Crippen molar-refractivity contribution in [2.45, 2.75) is 64.1 Å². The number of carbonyl (C=O) groups excluding carboxylic acids is 1. The van der Waals surface area contributed by atoms with Gasteiger partial charge in [-0.3, -0.25) is 0 Å². The number of fused-ring (bicyclic) bond motifs is 1. The summed E-state index contributed by atoms with van der Waals surface area (Å²) in [5.41, 5.74) is 1.01. The van der Waals surface area contributed by atoms with Gasteiger partial charge in [0.2, 0.25) is 0 Å². The molecule has 1 saturated heterocycles. The van der Waals surface area contributed by atoms with Crippen LogP contribution in [-0.2, 0) is 14.8 Å². The Kier molecular flexibility index (Phi) is 6.82. The van der Waals surface area contributed by atoms with E-state index in [4.69, 9.17) is 4.74 Å². The van der Waals surface area contributed by atoms with Crippen molar-refractivity contribution in [3.05, 3.63) is 51.9 Å². The lowest BCUT2D eigenvalue weighted by Gasteiger charge is -2.44. The lowest BCUT2D eigenvalue weighted by atomic mass is 10.1. The number of amides is 1. The van der Waals surface area contributed by atoms with E-state index in [1.807, 2.05) is 41.5 Å². The van der Waals surface area contributed by atoms with Gasteiger partial charge >= 0.3 is 6.09 Å². The van der Waals surface area contributed by atoms with Crippen molar-refractivity contribution in [1.82, 2.24) is 13.9 Å². The number of anilines is 1. The molecule has 0 spiro atoms. The highest BCUT2D eigenvalue weighted by Gasteiger charge is 2.36. The fourth-order valence-electron chi connectivity index (χ4n) is 4.33. The largest absolute Gasteiger partial charge is 0.444 e. The van der Waals surface area contributed by atoms with Crippen molar-refractivity contribution >= 4 is 55.4 Å². The number of aryl methyl sites for hydroxylation is 1. The lowest BCUT2D eigenvalue weighted by Crippen LogP contribution is -2.59. The predicted octanol–water partition coefficient (Wildman–Crippen LogP) is 5.02. The summed E-state index contributed by atoms with van der Waals surface area (Å²) >= 11 is 2.17. The Morgan fingerprint density at radius 2 is 1.74 bits per heavy atom. The van der Waals surface area contributed by atoms with E-state index >= 15 is 0 Å². The van der Waals surface area contributed by atoms with Crippen molar-refractivity contribution in [2.24, 2.45) is 0 Å². The highest BCUT2D eigenvalue weighted by Crippen LogP contribution is 2.35. The van der Waals surface area contributed by atoms with Gasteiger partial charge in [-0.1, -0.05) is 17.7 Å². The molecule has 10 heteroatoms. The summed E-state index contributed by atoms with van der Waals surface area (Å²) in [5, 5.41) is 0.786. The summed E-state index contributed by atoms with van der Waals surface area (Å²) in [4.78, 5) is 21.6. The van der Waals surface area contributed by atoms with Crippen molar-refractivity contribution in [1.29, 1.82) is 0 Å². The third-order valence-electron chi connectivity index (χ3n) is 6.08. The monoisotopic (exact) mass is 610 g/mol. The van der Waals surface area contributed by atoms with E-state index in [9.17, 15) is 13.2 Å². The Morgan fingerprint density at radius 3 is 2.37 bits per heavy atom. The Morgan fingerprint density at radius 1 is 1.09 bits per heavy atom. The molecular weight excluding hydrogens is 579 g/mol. The minimum Gasteiger partial charge on any atom is -0.444 e. The van der Waals surface area contributed by atoms with Gasteiger partial charge in [-0.25, -0.2) is 22.2 Å². The molecule has 1 fully saturated rings. The molecule has 1 amide bonds. The minimum atomic E-state index is -3.77. The van der Waals surface area contributed by atoms with Gasteiger partial charge in [-0.15, -0.1) is 0 Å². The molecule has 0 saturated carbocycles. The van der Waals surface area contributed by atoms with Gasteiger partial charge in [-0.2, -0.15) is 0 Å². The van der Waals surface area contributed by atoms with Crippen LogP contribution in [0.4, 0.5) is 10.6 Å². The van der Waals surface area contributed by atoms with Crippen LogP contribution in [0.3, 0.4) is 0 Å². The molecule has 3 aromatic rings. The zero-order valence-corrected chi connectivity index (χ0v) is 23.8. The molecular formula is C25H31IN4O4S. The average Bonchev–Trinajstić information content (AvgIpc) is 3.12. The van der Waals surface area contributed by atoms with E-state index in [-0.39, 0.29) is 23.1 Å². The quantitative estimate of drug-likeness (QED) is 0.388. The number of hydrogen-bond donors (Lipinski definition) is 0. The maximum atomic E-state index is 13.5. The summed E-state index contributed by atoms with van der Waals surface area (Å²) in [5.74, 6) is 0.716. The molecule has 35 heavy (non-hydrogen) atoms. The molecule has 0 aliphatic carbocycles. The summed E-state index contributed by atoms with van der Waals surface area (Å²) in [7, 11) is -3.77. The molecule has 2 aromatic heterocycles. The summed E-state index contributed by atoms with van der Waals surface area (Å²) in [6.07, 6.45) is 2.97. The number of piperazine rings is 1. The first kappa shape index (κ1) is 25.7. The van der Waals surface area contributed by atoms with Crippen molar-refractivity contribution in [3.8, 4) is 0 Å². The van der Waals surface area contributed by atoms with Crippen LogP contribution < -0.4 is 4.90 Å². The summed E-state index contributed by atoms with van der Waals surface area (Å²) < 4.78 is 34.7. The van der Waals surface area contributed by atoms with Gasteiger partial charge in [-0.05, 0) is 82.3 Å². The summed E-state index contributed by atoms with van der Waals surface area (Å²) in [6.45, 7) is 12.6. The number of pyridine rings is 1. The normalized spacial score (nSPS) is 19.3. The second kappa shape index (κ2) is 9.27. The molecule has 188 valence electrons. The topological polar surface area (TPSA) is 84.7 Å². The van der Waals surface area contributed by atoms with Crippen LogP contribution in [0.15, 0.2) is 47.6 Å². The number of benzene rings is 1. The molecule has 4 rings (SSSR count). The Bertz CT molecular complexity index is 1360. The standard InChI is InChI=1S/C25H31IN4O4S/c1-16-7-9-19(10-8-16)35(32,33)30-15-20(26)22-21(30)11-12-27-23(22)28-13-18(3)29(14-17(28)2)24(31)34-25(4,5)6/h7-12,15,17-18H,13-14H2,1-6H3/t17?,18-/m0/s1. The number of hydrogen-bond acceptors (Lipinski definition) is 6. The van der Waals surface area contributed by atoms with Crippen LogP contribution in [0, 0.1) is 10.5 Å². The molecule has 0 bridgehead atoms. The smallest absolute Gasteiger partial charge is 0.410 e. The number of carbonyl (C=O) groups is 1. The van der Waals surface area contributed by atoms with Gasteiger partial charge in [0.05, 0.1) is 15.8 Å². The van der Waals surface area contributed by atoms with Gasteiger partial charge < -0.3 is 14.5 Å². The molecule has 1 aromatic carbocycles. The second-order valence-electron chi connectivity index (χ2n) is 10.1. The number of aromatic nitrogens is 2. The first-order valence-corrected chi connectivity index (χ1v) is 14.1. The third kappa shape index (κ3) is 5.00. The van der Waals surface area contributed by atoms with Gasteiger partial charge in [0.25, 0.3) is 10.0 Å². The predicted molar refractivity (Wildman–Crippen MR) is 145 cm³/mol. The van der Waals surface area contributed by atoms with Gasteiger partial charge in [0.15, 0.2) is 0 Å². The highest BCUT2D eigenvalue weighted by atomic mass is 127. The van der Waals surface area contributed by atoms with E-state index in [0.29, 0.717) is 24.4 Å². The van der Waals surface area contributed by atoms with Crippen LogP contribution in [0.25, 0.3) is 10.9 Å². The van der Waals surface area contributed by atoms with Crippen molar-refractivity contribution in [2.75, 3.05) is 18.0 Å². The van der Waals surface area contributed by atoms with Crippen LogP contribution in [0.2, 0.25) is 0 Å². The molecule has 2 atom stereocenters. The van der Waals surface area contributed by atoms with Crippen molar-refractivity contribution < 1.29 is 17.9 Å². The number of rotatable bonds is 3. The first-order chi connectivity index (χ1) is 16.3. The molecule has 8 nitrogen and oxygen atoms in total. The lowest BCUT2D eigenvalue weighted by molar-refractivity contribution is 0.0130. The third-order valence-corrected chi connectivity index (χ3v) is 8.59. The SMILES string of the molecule is Cc1ccc(S(=O)(=O)n2cc(I)c3c(N4C[C@H](C)N(C(=O)OC(C)(C)C)CC4C)nccc32)cc1. The van der Waals surface area contributed by atoms with E-state index < -0.39 is 15.6 Å². The molecule has 0 N–H and O–H groups in total. The van der Waals surface area contributed by atoms with E-state index in [0.717, 1.165) is 14.5 Å². The molecule has 1 aliphatic heterocycles. The van der Waals surface area contributed by atoms with Crippen LogP contribution in [-0.4, -0.2) is 59.1 Å². The fraction of sp³-hybridized carbons (Fsp3) is 0.440. The Labute approximate surface area is 220 Å². The van der Waals surface area contributed by atoms with E-state index in [1.54, 1.807) is 47.6 Å². The Balaban J connectivity index is 1.71. The number of ether oxygens (including phenoxy) is 1. The van der Waals surface area contributed by atoms with E-state index in [1.165, 1.54) is 3.97 Å². The Hall–Kier alpha value is -2.34. The van der Waals surface area contributed by atoms with E-state index in [2.05, 4.69) is 32.5 Å². The van der Waals surface area contributed by atoms with Gasteiger partial charge in [0, 0.05) is 41.1 Å². The second-order valence-corrected chi connectivity index (χ2v) is 13.1. The zero-order valence-electron chi connectivity index (χ0n) is 20.8. The zero-order chi connectivity index (χ0) is 25.7. The molecule has 1 aliphatic rings. The molecule has 3 heterocycles. The van der Waals surface area contributed by atoms with Crippen molar-refractivity contribution in [3.63, 3.8) is 0 Å². The average molecular weight is 611 g/mol. The minimum absolute atomic E-state index is 0.0373. The maximum Gasteiger partial charge on any atom is 0.410 e. The molecule has 1 unspecified atom stereocenters. The highest BCUT2D eigenvalue weighted by molar-refractivity contribution is 14.1. The summed E-state index contributed by atoms with van der Waals surface area (Å²) in [6, 6.07) is 8.44. The number of nitrogens with zero attached hydrogens (tertiary/aromatic N) is 4.